The van der Waals surface area contributed by atoms with E-state index in [0.29, 0.717) is 6.54 Å². The number of hydrogen-bond acceptors (Lipinski definition) is 4. The van der Waals surface area contributed by atoms with Gasteiger partial charge in [0.05, 0.1) is 14.2 Å². The maximum atomic E-state index is 12.4. The van der Waals surface area contributed by atoms with Crippen LogP contribution in [0.2, 0.25) is 0 Å². The fourth-order valence-corrected chi connectivity index (χ4v) is 2.99. The van der Waals surface area contributed by atoms with Crippen molar-refractivity contribution < 1.29 is 14.3 Å². The standard InChI is InChI=1S/C19H22N2O3/c1-12-6-13(10-20-9-12)11-21-19(22)17-8-15(17)16-7-14(23-2)4-5-18(16)24-3/h4-7,9-10,15,17H,8,11H2,1-3H3,(H,21,22)/t15-,17+/m1/s1. The predicted octanol–water partition coefficient (Wildman–Crippen LogP) is 2.83. The Morgan fingerprint density at radius 3 is 2.79 bits per heavy atom. The zero-order valence-electron chi connectivity index (χ0n) is 14.2. The van der Waals surface area contributed by atoms with Crippen LogP contribution in [0.4, 0.5) is 0 Å². The van der Waals surface area contributed by atoms with E-state index in [1.807, 2.05) is 31.2 Å². The molecule has 5 nitrogen and oxygen atoms in total. The molecule has 1 aliphatic carbocycles. The molecule has 5 heteroatoms. The molecule has 1 aromatic carbocycles. The zero-order valence-corrected chi connectivity index (χ0v) is 14.2. The van der Waals surface area contributed by atoms with Gasteiger partial charge in [-0.3, -0.25) is 9.78 Å². The molecule has 0 saturated heterocycles. The van der Waals surface area contributed by atoms with Gasteiger partial charge in [-0.2, -0.15) is 0 Å². The van der Waals surface area contributed by atoms with Gasteiger partial charge in [0.1, 0.15) is 11.5 Å². The molecule has 0 aliphatic heterocycles. The van der Waals surface area contributed by atoms with Gasteiger partial charge in [0.2, 0.25) is 5.91 Å². The Morgan fingerprint density at radius 2 is 2.08 bits per heavy atom. The predicted molar refractivity (Wildman–Crippen MR) is 91.2 cm³/mol. The zero-order chi connectivity index (χ0) is 17.1. The Balaban J connectivity index is 1.63. The summed E-state index contributed by atoms with van der Waals surface area (Å²) in [5.41, 5.74) is 3.14. The lowest BCUT2D eigenvalue weighted by Crippen LogP contribution is -2.25. The number of carbonyl (C=O) groups excluding carboxylic acids is 1. The number of ether oxygens (including phenoxy) is 2. The van der Waals surface area contributed by atoms with Crippen LogP contribution in [0.1, 0.15) is 29.0 Å². The Hall–Kier alpha value is -2.56. The van der Waals surface area contributed by atoms with Gasteiger partial charge in [0.25, 0.3) is 0 Å². The average Bonchev–Trinajstić information content (AvgIpc) is 3.40. The number of amides is 1. The highest BCUT2D eigenvalue weighted by atomic mass is 16.5. The molecule has 1 heterocycles. The Labute approximate surface area is 142 Å². The van der Waals surface area contributed by atoms with Crippen LogP contribution in [0, 0.1) is 12.8 Å². The molecule has 3 rings (SSSR count). The van der Waals surface area contributed by atoms with Crippen LogP contribution in [0.25, 0.3) is 0 Å². The Kier molecular flexibility index (Phi) is 4.69. The van der Waals surface area contributed by atoms with Crippen LogP contribution in [0.5, 0.6) is 11.5 Å². The van der Waals surface area contributed by atoms with Crippen molar-refractivity contribution in [3.8, 4) is 11.5 Å². The molecule has 1 fully saturated rings. The monoisotopic (exact) mass is 326 g/mol. The first kappa shape index (κ1) is 16.3. The molecule has 1 aromatic heterocycles. The van der Waals surface area contributed by atoms with Crippen LogP contribution < -0.4 is 14.8 Å². The van der Waals surface area contributed by atoms with Crippen molar-refractivity contribution in [2.24, 2.45) is 5.92 Å². The Bertz CT molecular complexity index is 745. The molecular weight excluding hydrogens is 304 g/mol. The molecular formula is C19H22N2O3. The summed E-state index contributed by atoms with van der Waals surface area (Å²) >= 11 is 0. The topological polar surface area (TPSA) is 60.5 Å². The smallest absolute Gasteiger partial charge is 0.224 e. The highest BCUT2D eigenvalue weighted by Gasteiger charge is 2.45. The molecule has 1 amide bonds. The van der Waals surface area contributed by atoms with E-state index in [-0.39, 0.29) is 17.7 Å². The van der Waals surface area contributed by atoms with Crippen LogP contribution >= 0.6 is 0 Å². The summed E-state index contributed by atoms with van der Waals surface area (Å²) in [4.78, 5) is 16.5. The number of rotatable bonds is 6. The summed E-state index contributed by atoms with van der Waals surface area (Å²) in [5.74, 6) is 1.84. The number of methoxy groups -OCH3 is 2. The first-order valence-electron chi connectivity index (χ1n) is 8.02. The molecule has 0 unspecified atom stereocenters. The maximum absolute atomic E-state index is 12.4. The van der Waals surface area contributed by atoms with Crippen molar-refractivity contribution in [3.63, 3.8) is 0 Å². The largest absolute Gasteiger partial charge is 0.497 e. The number of aryl methyl sites for hydroxylation is 1. The van der Waals surface area contributed by atoms with Crippen molar-refractivity contribution in [2.75, 3.05) is 14.2 Å². The minimum atomic E-state index is -0.0104. The average molecular weight is 326 g/mol. The summed E-state index contributed by atoms with van der Waals surface area (Å²) in [5, 5.41) is 3.00. The summed E-state index contributed by atoms with van der Waals surface area (Å²) < 4.78 is 10.7. The van der Waals surface area contributed by atoms with E-state index < -0.39 is 0 Å². The van der Waals surface area contributed by atoms with E-state index in [9.17, 15) is 4.79 Å². The van der Waals surface area contributed by atoms with Gasteiger partial charge >= 0.3 is 0 Å². The van der Waals surface area contributed by atoms with Gasteiger partial charge < -0.3 is 14.8 Å². The molecule has 0 spiro atoms. The second kappa shape index (κ2) is 6.91. The van der Waals surface area contributed by atoms with Gasteiger partial charge in [-0.25, -0.2) is 0 Å². The van der Waals surface area contributed by atoms with Crippen LogP contribution in [0.15, 0.2) is 36.7 Å². The van der Waals surface area contributed by atoms with Gasteiger partial charge in [0, 0.05) is 36.3 Å². The third-order valence-corrected chi connectivity index (χ3v) is 4.36. The van der Waals surface area contributed by atoms with E-state index in [1.54, 1.807) is 26.6 Å². The minimum absolute atomic E-state index is 0.0104. The Morgan fingerprint density at radius 1 is 1.25 bits per heavy atom. The van der Waals surface area contributed by atoms with E-state index in [0.717, 1.165) is 34.6 Å². The quantitative estimate of drug-likeness (QED) is 0.887. The number of nitrogens with one attached hydrogen (secondary N) is 1. The lowest BCUT2D eigenvalue weighted by Gasteiger charge is -2.10. The van der Waals surface area contributed by atoms with Gasteiger partial charge in [-0.05, 0) is 42.7 Å². The van der Waals surface area contributed by atoms with Crippen LogP contribution in [-0.4, -0.2) is 25.1 Å². The second-order valence-corrected chi connectivity index (χ2v) is 6.14. The van der Waals surface area contributed by atoms with Gasteiger partial charge in [0.15, 0.2) is 0 Å². The van der Waals surface area contributed by atoms with Crippen molar-refractivity contribution in [1.29, 1.82) is 0 Å². The summed E-state index contributed by atoms with van der Waals surface area (Å²) in [6, 6.07) is 7.74. The van der Waals surface area contributed by atoms with Crippen LogP contribution in [0.3, 0.4) is 0 Å². The second-order valence-electron chi connectivity index (χ2n) is 6.14. The first-order chi connectivity index (χ1) is 11.6. The minimum Gasteiger partial charge on any atom is -0.497 e. The van der Waals surface area contributed by atoms with Gasteiger partial charge in [-0.15, -0.1) is 0 Å². The SMILES string of the molecule is COc1ccc(OC)c([C@H]2C[C@@H]2C(=O)NCc2cncc(C)c2)c1. The third-order valence-electron chi connectivity index (χ3n) is 4.36. The number of nitrogens with zero attached hydrogens (tertiary/aromatic N) is 1. The van der Waals surface area contributed by atoms with E-state index in [2.05, 4.69) is 10.3 Å². The first-order valence-corrected chi connectivity index (χ1v) is 8.02. The highest BCUT2D eigenvalue weighted by molar-refractivity contribution is 5.83. The summed E-state index contributed by atoms with van der Waals surface area (Å²) in [6.45, 7) is 2.50. The molecule has 1 saturated carbocycles. The molecule has 24 heavy (non-hydrogen) atoms. The van der Waals surface area contributed by atoms with Crippen molar-refractivity contribution >= 4 is 5.91 Å². The van der Waals surface area contributed by atoms with Crippen LogP contribution in [-0.2, 0) is 11.3 Å². The molecule has 0 bridgehead atoms. The normalized spacial score (nSPS) is 18.8. The number of carbonyl (C=O) groups is 1. The molecule has 126 valence electrons. The molecule has 2 aromatic rings. The van der Waals surface area contributed by atoms with Gasteiger partial charge in [-0.1, -0.05) is 6.07 Å². The number of aromatic nitrogens is 1. The summed E-state index contributed by atoms with van der Waals surface area (Å²) in [6.07, 6.45) is 4.42. The number of benzene rings is 1. The molecule has 2 atom stereocenters. The fourth-order valence-electron chi connectivity index (χ4n) is 2.99. The lowest BCUT2D eigenvalue weighted by molar-refractivity contribution is -0.122. The van der Waals surface area contributed by atoms with E-state index >= 15 is 0 Å². The molecule has 1 N–H and O–H groups in total. The van der Waals surface area contributed by atoms with E-state index in [4.69, 9.17) is 9.47 Å². The number of hydrogen-bond donors (Lipinski definition) is 1. The summed E-state index contributed by atoms with van der Waals surface area (Å²) in [7, 11) is 3.28. The third kappa shape index (κ3) is 3.50. The van der Waals surface area contributed by atoms with E-state index in [1.165, 1.54) is 0 Å². The molecule has 0 radical (unpaired) electrons. The highest BCUT2D eigenvalue weighted by Crippen LogP contribution is 2.51. The fraction of sp³-hybridized carbons (Fsp3) is 0.368. The van der Waals surface area contributed by atoms with Crippen molar-refractivity contribution in [2.45, 2.75) is 25.8 Å². The number of pyridine rings is 1. The molecule has 1 aliphatic rings. The maximum Gasteiger partial charge on any atom is 0.224 e. The lowest BCUT2D eigenvalue weighted by atomic mass is 10.1. The van der Waals surface area contributed by atoms with Crippen molar-refractivity contribution in [3.05, 3.63) is 53.3 Å². The van der Waals surface area contributed by atoms with Crippen molar-refractivity contribution in [1.82, 2.24) is 10.3 Å².